The first-order chi connectivity index (χ1) is 37.5. The summed E-state index contributed by atoms with van der Waals surface area (Å²) in [4.78, 5) is 24.6. The Labute approximate surface area is 475 Å². The Morgan fingerprint density at radius 1 is 0.355 bits per heavy atom. The zero-order chi connectivity index (χ0) is 55.0. The van der Waals surface area contributed by atoms with Gasteiger partial charge in [0.05, 0.1) is 25.4 Å². The molecule has 0 aliphatic carbocycles. The molecule has 0 radical (unpaired) electrons. The van der Waals surface area contributed by atoms with E-state index in [1.807, 2.05) is 6.08 Å². The van der Waals surface area contributed by atoms with E-state index in [1.54, 1.807) is 6.08 Å². The molecule has 6 heteroatoms. The first-order valence-electron chi connectivity index (χ1n) is 34.6. The molecule has 0 aromatic heterocycles. The van der Waals surface area contributed by atoms with Gasteiger partial charge in [0.25, 0.3) is 0 Å². The number of aliphatic hydroxyl groups excluding tert-OH is 2. The van der Waals surface area contributed by atoms with Gasteiger partial charge in [0.1, 0.15) is 0 Å². The Hall–Kier alpha value is -1.66. The minimum absolute atomic E-state index is 0.00421. The molecule has 0 saturated heterocycles. The lowest BCUT2D eigenvalue weighted by atomic mass is 10.0. The summed E-state index contributed by atoms with van der Waals surface area (Å²) >= 11 is 0. The van der Waals surface area contributed by atoms with E-state index in [1.165, 1.54) is 315 Å². The maximum atomic E-state index is 12.5. The highest BCUT2D eigenvalue weighted by molar-refractivity contribution is 5.76. The molecular formula is C70H135NO5. The normalized spacial score (nSPS) is 12.6. The Kier molecular flexibility index (Phi) is 64.4. The summed E-state index contributed by atoms with van der Waals surface area (Å²) in [5.41, 5.74) is 0. The van der Waals surface area contributed by atoms with Crippen LogP contribution in [-0.2, 0) is 14.3 Å². The molecule has 2 unspecified atom stereocenters. The van der Waals surface area contributed by atoms with E-state index in [2.05, 4.69) is 31.3 Å². The van der Waals surface area contributed by atoms with Crippen LogP contribution in [0, 0.1) is 0 Å². The maximum absolute atomic E-state index is 12.5. The molecule has 0 aliphatic rings. The molecule has 0 aromatic rings. The summed E-state index contributed by atoms with van der Waals surface area (Å²) in [5, 5.41) is 23.3. The van der Waals surface area contributed by atoms with Crippen LogP contribution in [0.2, 0.25) is 0 Å². The van der Waals surface area contributed by atoms with E-state index in [4.69, 9.17) is 4.74 Å². The molecule has 76 heavy (non-hydrogen) atoms. The van der Waals surface area contributed by atoms with E-state index < -0.39 is 12.1 Å². The largest absolute Gasteiger partial charge is 0.466 e. The summed E-state index contributed by atoms with van der Waals surface area (Å²) in [6, 6.07) is -0.629. The molecular weight excluding hydrogens is 935 g/mol. The number of ether oxygens (including phenoxy) is 1. The van der Waals surface area contributed by atoms with E-state index in [9.17, 15) is 19.8 Å². The van der Waals surface area contributed by atoms with E-state index in [0.717, 1.165) is 44.9 Å². The van der Waals surface area contributed by atoms with Gasteiger partial charge in [0.2, 0.25) is 5.91 Å². The van der Waals surface area contributed by atoms with Gasteiger partial charge in [-0.15, -0.1) is 0 Å². The molecule has 0 rings (SSSR count). The Balaban J connectivity index is 3.41. The van der Waals surface area contributed by atoms with Gasteiger partial charge >= 0.3 is 5.97 Å². The van der Waals surface area contributed by atoms with Crippen molar-refractivity contribution in [2.24, 2.45) is 0 Å². The lowest BCUT2D eigenvalue weighted by Gasteiger charge is -2.20. The quantitative estimate of drug-likeness (QED) is 0.0320. The standard InChI is InChI=1S/C70H135NO5/c1-3-5-7-9-11-13-15-17-18-19-20-21-22-23-26-29-32-35-39-42-46-50-54-58-62-68(73)67(66-72)71-69(74)63-59-55-51-47-43-40-36-33-30-27-24-25-28-31-34-37-41-45-49-53-57-61-65-76-70(75)64-60-56-52-48-44-38-16-14-12-10-8-6-4-2/h14,16,58,62,67-68,72-73H,3-13,15,17-57,59-61,63-66H2,1-2H3,(H,71,74)/b16-14-,62-58+. The number of hydrogen-bond donors (Lipinski definition) is 3. The van der Waals surface area contributed by atoms with Gasteiger partial charge in [0, 0.05) is 12.8 Å². The molecule has 0 aromatic carbocycles. The summed E-state index contributed by atoms with van der Waals surface area (Å²) in [6.45, 7) is 4.92. The van der Waals surface area contributed by atoms with Crippen LogP contribution >= 0.6 is 0 Å². The van der Waals surface area contributed by atoms with Crippen LogP contribution in [-0.4, -0.2) is 47.4 Å². The summed E-state index contributed by atoms with van der Waals surface area (Å²) in [6.07, 6.45) is 82.5. The van der Waals surface area contributed by atoms with Crippen LogP contribution in [0.5, 0.6) is 0 Å². The average molecular weight is 1070 g/mol. The number of unbranched alkanes of at least 4 members (excludes halogenated alkanes) is 52. The molecule has 0 aliphatic heterocycles. The molecule has 0 heterocycles. The third kappa shape index (κ3) is 61.6. The van der Waals surface area contributed by atoms with Crippen molar-refractivity contribution in [3.8, 4) is 0 Å². The van der Waals surface area contributed by atoms with E-state index in [-0.39, 0.29) is 18.5 Å². The fourth-order valence-corrected chi connectivity index (χ4v) is 10.9. The number of rotatable bonds is 65. The van der Waals surface area contributed by atoms with Crippen LogP contribution < -0.4 is 5.32 Å². The Morgan fingerprint density at radius 2 is 0.618 bits per heavy atom. The summed E-state index contributed by atoms with van der Waals surface area (Å²) in [5.74, 6) is -0.0597. The topological polar surface area (TPSA) is 95.9 Å². The number of esters is 1. The number of nitrogens with one attached hydrogen (secondary N) is 1. The molecule has 6 nitrogen and oxygen atoms in total. The molecule has 450 valence electrons. The smallest absolute Gasteiger partial charge is 0.305 e. The zero-order valence-corrected chi connectivity index (χ0v) is 51.5. The number of carbonyl (C=O) groups is 2. The molecule has 3 N–H and O–H groups in total. The predicted molar refractivity (Wildman–Crippen MR) is 333 cm³/mol. The monoisotopic (exact) mass is 1070 g/mol. The number of aliphatic hydroxyl groups is 2. The van der Waals surface area contributed by atoms with E-state index in [0.29, 0.717) is 19.4 Å². The van der Waals surface area contributed by atoms with Crippen molar-refractivity contribution in [1.29, 1.82) is 0 Å². The van der Waals surface area contributed by atoms with Gasteiger partial charge in [-0.05, 0) is 57.8 Å². The highest BCUT2D eigenvalue weighted by Gasteiger charge is 2.18. The van der Waals surface area contributed by atoms with Crippen LogP contribution in [0.25, 0.3) is 0 Å². The second-order valence-corrected chi connectivity index (χ2v) is 23.9. The first-order valence-corrected chi connectivity index (χ1v) is 34.6. The predicted octanol–water partition coefficient (Wildman–Crippen LogP) is 22.1. The molecule has 0 spiro atoms. The van der Waals surface area contributed by atoms with Crippen molar-refractivity contribution >= 4 is 11.9 Å². The molecule has 0 bridgehead atoms. The van der Waals surface area contributed by atoms with Gasteiger partial charge < -0.3 is 20.3 Å². The maximum Gasteiger partial charge on any atom is 0.305 e. The Bertz CT molecular complexity index is 1190. The highest BCUT2D eigenvalue weighted by atomic mass is 16.5. The lowest BCUT2D eigenvalue weighted by Crippen LogP contribution is -2.45. The molecule has 1 amide bonds. The van der Waals surface area contributed by atoms with Gasteiger partial charge in [-0.1, -0.05) is 340 Å². The number of carbonyl (C=O) groups excluding carboxylic acids is 2. The van der Waals surface area contributed by atoms with Crippen molar-refractivity contribution in [3.63, 3.8) is 0 Å². The van der Waals surface area contributed by atoms with Crippen LogP contribution in [0.1, 0.15) is 386 Å². The number of amides is 1. The number of hydrogen-bond acceptors (Lipinski definition) is 5. The van der Waals surface area contributed by atoms with Crippen LogP contribution in [0.15, 0.2) is 24.3 Å². The van der Waals surface area contributed by atoms with E-state index >= 15 is 0 Å². The van der Waals surface area contributed by atoms with Gasteiger partial charge in [0.15, 0.2) is 0 Å². The highest BCUT2D eigenvalue weighted by Crippen LogP contribution is 2.19. The first kappa shape index (κ1) is 74.3. The minimum Gasteiger partial charge on any atom is -0.466 e. The van der Waals surface area contributed by atoms with Crippen molar-refractivity contribution in [2.45, 2.75) is 398 Å². The summed E-state index contributed by atoms with van der Waals surface area (Å²) in [7, 11) is 0. The van der Waals surface area contributed by atoms with Gasteiger partial charge in [-0.2, -0.15) is 0 Å². The average Bonchev–Trinajstić information content (AvgIpc) is 3.42. The molecule has 2 atom stereocenters. The van der Waals surface area contributed by atoms with Gasteiger partial charge in [-0.25, -0.2) is 0 Å². The van der Waals surface area contributed by atoms with Crippen molar-refractivity contribution in [2.75, 3.05) is 13.2 Å². The second kappa shape index (κ2) is 65.9. The van der Waals surface area contributed by atoms with Crippen LogP contribution in [0.4, 0.5) is 0 Å². The van der Waals surface area contributed by atoms with Gasteiger partial charge in [-0.3, -0.25) is 9.59 Å². The fourth-order valence-electron chi connectivity index (χ4n) is 10.9. The lowest BCUT2D eigenvalue weighted by molar-refractivity contribution is -0.143. The summed E-state index contributed by atoms with van der Waals surface area (Å²) < 4.78 is 5.48. The van der Waals surface area contributed by atoms with Crippen molar-refractivity contribution < 1.29 is 24.5 Å². The van der Waals surface area contributed by atoms with Crippen LogP contribution in [0.3, 0.4) is 0 Å². The van der Waals surface area contributed by atoms with Crippen molar-refractivity contribution in [1.82, 2.24) is 5.32 Å². The Morgan fingerprint density at radius 3 is 0.947 bits per heavy atom. The SMILES string of the molecule is CCCCCC/C=C\CCCCCCCC(=O)OCCCCCCCCCCCCCCCCCCCCCCCCC(=O)NC(CO)C(O)/C=C/CCCCCCCCCCCCCCCCCCCCCCCC. The second-order valence-electron chi connectivity index (χ2n) is 23.9. The van der Waals surface area contributed by atoms with Crippen molar-refractivity contribution in [3.05, 3.63) is 24.3 Å². The fraction of sp³-hybridized carbons (Fsp3) is 0.914. The minimum atomic E-state index is -0.846. The third-order valence-electron chi connectivity index (χ3n) is 16.2. The molecule has 0 fully saturated rings. The third-order valence-corrected chi connectivity index (χ3v) is 16.2. The zero-order valence-electron chi connectivity index (χ0n) is 51.5. The molecule has 0 saturated carbocycles. The number of allylic oxidation sites excluding steroid dienone is 3.